The van der Waals surface area contributed by atoms with Gasteiger partial charge in [-0.1, -0.05) is 30.3 Å². The minimum atomic E-state index is 0.944. The second-order valence-corrected chi connectivity index (χ2v) is 5.80. The van der Waals surface area contributed by atoms with Crippen LogP contribution in [0.15, 0.2) is 30.3 Å². The number of nitrogens with zero attached hydrogens (tertiary/aromatic N) is 2. The van der Waals surface area contributed by atoms with E-state index in [0.29, 0.717) is 0 Å². The summed E-state index contributed by atoms with van der Waals surface area (Å²) in [5.41, 5.74) is 1.45. The predicted molar refractivity (Wildman–Crippen MR) is 77.6 cm³/mol. The molecule has 1 aromatic rings. The first-order chi connectivity index (χ1) is 8.74. The molecule has 0 aliphatic carbocycles. The summed E-state index contributed by atoms with van der Waals surface area (Å²) >= 11 is 0. The van der Waals surface area contributed by atoms with Crippen LogP contribution in [0.1, 0.15) is 24.8 Å². The molecule has 0 saturated carbocycles. The normalized spacial score (nSPS) is 18.4. The van der Waals surface area contributed by atoms with Crippen LogP contribution in [-0.2, 0) is 6.54 Å². The molecule has 0 radical (unpaired) electrons. The van der Waals surface area contributed by atoms with Crippen molar-refractivity contribution in [3.8, 4) is 0 Å². The van der Waals surface area contributed by atoms with Crippen molar-refractivity contribution < 1.29 is 0 Å². The molecule has 2 nitrogen and oxygen atoms in total. The lowest BCUT2D eigenvalue weighted by Gasteiger charge is -2.32. The molecule has 1 fully saturated rings. The van der Waals surface area contributed by atoms with Crippen LogP contribution in [0.4, 0.5) is 0 Å². The zero-order valence-corrected chi connectivity index (χ0v) is 11.8. The predicted octanol–water partition coefficient (Wildman–Crippen LogP) is 2.85. The monoisotopic (exact) mass is 246 g/mol. The van der Waals surface area contributed by atoms with E-state index in [1.54, 1.807) is 0 Å². The summed E-state index contributed by atoms with van der Waals surface area (Å²) in [5, 5.41) is 0. The fraction of sp³-hybridized carbons (Fsp3) is 0.625. The fourth-order valence-electron chi connectivity index (χ4n) is 2.72. The molecule has 0 spiro atoms. The quantitative estimate of drug-likeness (QED) is 0.788. The van der Waals surface area contributed by atoms with E-state index < -0.39 is 0 Å². The van der Waals surface area contributed by atoms with Crippen molar-refractivity contribution in [1.82, 2.24) is 9.80 Å². The molecule has 0 bridgehead atoms. The number of piperidine rings is 1. The Kier molecular flexibility index (Phi) is 5.21. The van der Waals surface area contributed by atoms with Crippen LogP contribution in [0.3, 0.4) is 0 Å². The number of likely N-dealkylation sites (tertiary alicyclic amines) is 1. The maximum atomic E-state index is 2.60. The Morgan fingerprint density at radius 2 is 1.78 bits per heavy atom. The number of hydrogen-bond donors (Lipinski definition) is 0. The van der Waals surface area contributed by atoms with Crippen LogP contribution >= 0.6 is 0 Å². The van der Waals surface area contributed by atoms with Gasteiger partial charge in [0.25, 0.3) is 0 Å². The summed E-state index contributed by atoms with van der Waals surface area (Å²) < 4.78 is 0. The van der Waals surface area contributed by atoms with Crippen LogP contribution in [-0.4, -0.2) is 43.5 Å². The Hall–Kier alpha value is -0.860. The van der Waals surface area contributed by atoms with Crippen molar-refractivity contribution in [2.75, 3.05) is 33.7 Å². The summed E-state index contributed by atoms with van der Waals surface area (Å²) in [4.78, 5) is 4.90. The summed E-state index contributed by atoms with van der Waals surface area (Å²) in [6.45, 7) is 4.91. The number of benzene rings is 1. The lowest BCUT2D eigenvalue weighted by Crippen LogP contribution is -2.34. The van der Waals surface area contributed by atoms with Gasteiger partial charge in [-0.05, 0) is 64.5 Å². The standard InChI is InChI=1S/C16H26N2/c1-17(2)11-8-15-9-12-18(13-10-15)14-16-6-4-3-5-7-16/h3-7,15H,8-14H2,1-2H3. The van der Waals surface area contributed by atoms with Crippen molar-refractivity contribution in [2.45, 2.75) is 25.8 Å². The van der Waals surface area contributed by atoms with Gasteiger partial charge in [-0.3, -0.25) is 4.90 Å². The third-order valence-corrected chi connectivity index (χ3v) is 3.94. The highest BCUT2D eigenvalue weighted by molar-refractivity contribution is 5.14. The van der Waals surface area contributed by atoms with Gasteiger partial charge in [0.2, 0.25) is 0 Å². The van der Waals surface area contributed by atoms with E-state index >= 15 is 0 Å². The Morgan fingerprint density at radius 3 is 2.39 bits per heavy atom. The molecule has 100 valence electrons. The number of hydrogen-bond acceptors (Lipinski definition) is 2. The molecule has 0 unspecified atom stereocenters. The highest BCUT2D eigenvalue weighted by atomic mass is 15.1. The lowest BCUT2D eigenvalue weighted by atomic mass is 9.93. The van der Waals surface area contributed by atoms with Gasteiger partial charge >= 0.3 is 0 Å². The van der Waals surface area contributed by atoms with Gasteiger partial charge in [0.1, 0.15) is 0 Å². The summed E-state index contributed by atoms with van der Waals surface area (Å²) in [5.74, 6) is 0.944. The van der Waals surface area contributed by atoms with E-state index in [0.717, 1.165) is 12.5 Å². The third kappa shape index (κ3) is 4.43. The molecule has 1 heterocycles. The molecule has 0 aromatic heterocycles. The van der Waals surface area contributed by atoms with E-state index in [-0.39, 0.29) is 0 Å². The highest BCUT2D eigenvalue weighted by Crippen LogP contribution is 2.21. The summed E-state index contributed by atoms with van der Waals surface area (Å²) in [6, 6.07) is 10.8. The second-order valence-electron chi connectivity index (χ2n) is 5.80. The molecule has 2 heteroatoms. The van der Waals surface area contributed by atoms with Crippen LogP contribution in [0, 0.1) is 5.92 Å². The van der Waals surface area contributed by atoms with E-state index in [9.17, 15) is 0 Å². The maximum absolute atomic E-state index is 2.60. The minimum absolute atomic E-state index is 0.944. The molecule has 0 amide bonds. The van der Waals surface area contributed by atoms with Crippen molar-refractivity contribution in [3.63, 3.8) is 0 Å². The van der Waals surface area contributed by atoms with Gasteiger partial charge < -0.3 is 4.90 Å². The van der Waals surface area contributed by atoms with Crippen LogP contribution in [0.5, 0.6) is 0 Å². The van der Waals surface area contributed by atoms with Crippen LogP contribution in [0.25, 0.3) is 0 Å². The average molecular weight is 246 g/mol. The van der Waals surface area contributed by atoms with Gasteiger partial charge in [0, 0.05) is 6.54 Å². The topological polar surface area (TPSA) is 6.48 Å². The summed E-state index contributed by atoms with van der Waals surface area (Å²) in [7, 11) is 4.34. The first-order valence-electron chi connectivity index (χ1n) is 7.15. The van der Waals surface area contributed by atoms with Gasteiger partial charge in [0.05, 0.1) is 0 Å². The molecule has 1 aliphatic rings. The molecule has 0 N–H and O–H groups in total. The Morgan fingerprint density at radius 1 is 1.11 bits per heavy atom. The summed E-state index contributed by atoms with van der Waals surface area (Å²) in [6.07, 6.45) is 4.12. The third-order valence-electron chi connectivity index (χ3n) is 3.94. The lowest BCUT2D eigenvalue weighted by molar-refractivity contribution is 0.166. The van der Waals surface area contributed by atoms with Gasteiger partial charge in [-0.15, -0.1) is 0 Å². The molecule has 1 aliphatic heterocycles. The average Bonchev–Trinajstić information content (AvgIpc) is 2.39. The van der Waals surface area contributed by atoms with Crippen molar-refractivity contribution in [3.05, 3.63) is 35.9 Å². The smallest absolute Gasteiger partial charge is 0.0233 e. The largest absolute Gasteiger partial charge is 0.309 e. The highest BCUT2D eigenvalue weighted by Gasteiger charge is 2.18. The Balaban J connectivity index is 1.70. The van der Waals surface area contributed by atoms with Crippen molar-refractivity contribution >= 4 is 0 Å². The minimum Gasteiger partial charge on any atom is -0.309 e. The van der Waals surface area contributed by atoms with Gasteiger partial charge in [-0.25, -0.2) is 0 Å². The van der Waals surface area contributed by atoms with E-state index in [2.05, 4.69) is 54.2 Å². The Labute approximate surface area is 112 Å². The van der Waals surface area contributed by atoms with E-state index in [1.807, 2.05) is 0 Å². The molecule has 2 rings (SSSR count). The maximum Gasteiger partial charge on any atom is 0.0233 e. The SMILES string of the molecule is CN(C)CCC1CCN(Cc2ccccc2)CC1. The van der Waals surface area contributed by atoms with Gasteiger partial charge in [-0.2, -0.15) is 0 Å². The zero-order chi connectivity index (χ0) is 12.8. The molecule has 1 aromatic carbocycles. The fourth-order valence-corrected chi connectivity index (χ4v) is 2.72. The second kappa shape index (κ2) is 6.91. The Bertz CT molecular complexity index is 326. The van der Waals surface area contributed by atoms with Crippen LogP contribution < -0.4 is 0 Å². The molecular formula is C16H26N2. The van der Waals surface area contributed by atoms with Crippen molar-refractivity contribution in [1.29, 1.82) is 0 Å². The van der Waals surface area contributed by atoms with Crippen molar-refractivity contribution in [2.24, 2.45) is 5.92 Å². The molecular weight excluding hydrogens is 220 g/mol. The zero-order valence-electron chi connectivity index (χ0n) is 11.8. The van der Waals surface area contributed by atoms with Gasteiger partial charge in [0.15, 0.2) is 0 Å². The first kappa shape index (κ1) is 13.6. The van der Waals surface area contributed by atoms with E-state index in [4.69, 9.17) is 0 Å². The molecule has 0 atom stereocenters. The number of rotatable bonds is 5. The molecule has 1 saturated heterocycles. The van der Waals surface area contributed by atoms with E-state index in [1.165, 1.54) is 44.5 Å². The van der Waals surface area contributed by atoms with Crippen LogP contribution in [0.2, 0.25) is 0 Å². The molecule has 18 heavy (non-hydrogen) atoms. The first-order valence-corrected chi connectivity index (χ1v) is 7.15.